The molecule has 3 aliphatic carbocycles. The number of azide groups is 1. The van der Waals surface area contributed by atoms with Gasteiger partial charge in [0.05, 0.1) is 24.4 Å². The monoisotopic (exact) mass is 526 g/mol. The Morgan fingerprint density at radius 3 is 2.58 bits per heavy atom. The number of benzene rings is 1. The SMILES string of the molecule is COc1c(C[C@H](NCC(C)(C)N=[N+]=[N-])B2O[C@@H]3C[C@@H]4C[C@@H](C4(C)C)[C@]3(C)O2)cccc1C(=O)OC(C)(C)C. The van der Waals surface area contributed by atoms with E-state index in [-0.39, 0.29) is 23.1 Å². The highest BCUT2D eigenvalue weighted by Crippen LogP contribution is 2.65. The molecule has 4 aliphatic rings. The minimum absolute atomic E-state index is 0.0358. The maximum Gasteiger partial charge on any atom is 0.476 e. The van der Waals surface area contributed by atoms with Crippen LogP contribution in [-0.4, -0.2) is 55.5 Å². The average Bonchev–Trinajstić information content (AvgIpc) is 3.17. The maximum absolute atomic E-state index is 13.0. The number of para-hydroxylation sites is 1. The Morgan fingerprint density at radius 2 is 1.97 bits per heavy atom. The molecule has 1 heterocycles. The zero-order valence-electron chi connectivity index (χ0n) is 24.3. The smallest absolute Gasteiger partial charge is 0.476 e. The van der Waals surface area contributed by atoms with E-state index in [4.69, 9.17) is 24.3 Å². The molecular formula is C28H43BN4O5. The Bertz CT molecular complexity index is 1110. The van der Waals surface area contributed by atoms with Gasteiger partial charge in [-0.15, -0.1) is 0 Å². The Morgan fingerprint density at radius 1 is 1.26 bits per heavy atom. The van der Waals surface area contributed by atoms with Crippen LogP contribution in [0.3, 0.4) is 0 Å². The molecule has 10 heteroatoms. The number of carbonyl (C=O) groups excluding carboxylic acids is 1. The van der Waals surface area contributed by atoms with Gasteiger partial charge in [-0.05, 0) is 81.4 Å². The second-order valence-corrected chi connectivity index (χ2v) is 13.5. The third-order valence-corrected chi connectivity index (χ3v) is 8.77. The predicted octanol–water partition coefficient (Wildman–Crippen LogP) is 5.51. The summed E-state index contributed by atoms with van der Waals surface area (Å²) in [5.41, 5.74) is 8.85. The molecule has 4 fully saturated rings. The molecule has 1 N–H and O–H groups in total. The average molecular weight is 526 g/mol. The lowest BCUT2D eigenvalue weighted by Crippen LogP contribution is -2.65. The van der Waals surface area contributed by atoms with Gasteiger partial charge < -0.3 is 24.1 Å². The van der Waals surface area contributed by atoms with Gasteiger partial charge in [0.15, 0.2) is 0 Å². The molecule has 0 spiro atoms. The zero-order chi connectivity index (χ0) is 28.1. The molecule has 38 heavy (non-hydrogen) atoms. The first kappa shape index (κ1) is 28.7. The molecule has 3 saturated carbocycles. The third kappa shape index (κ3) is 5.41. The molecule has 9 nitrogen and oxygen atoms in total. The van der Waals surface area contributed by atoms with Crippen LogP contribution in [0.2, 0.25) is 0 Å². The van der Waals surface area contributed by atoms with E-state index in [0.29, 0.717) is 36.1 Å². The van der Waals surface area contributed by atoms with Crippen molar-refractivity contribution in [2.45, 2.75) is 103 Å². The van der Waals surface area contributed by atoms with Crippen LogP contribution >= 0.6 is 0 Å². The fraction of sp³-hybridized carbons (Fsp3) is 0.750. The highest BCUT2D eigenvalue weighted by Gasteiger charge is 2.68. The van der Waals surface area contributed by atoms with Gasteiger partial charge in [-0.3, -0.25) is 0 Å². The number of rotatable bonds is 9. The fourth-order valence-corrected chi connectivity index (χ4v) is 6.59. The van der Waals surface area contributed by atoms with Crippen molar-refractivity contribution in [3.05, 3.63) is 39.8 Å². The Balaban J connectivity index is 1.62. The summed E-state index contributed by atoms with van der Waals surface area (Å²) in [6.45, 7) is 16.6. The van der Waals surface area contributed by atoms with Crippen molar-refractivity contribution in [1.29, 1.82) is 0 Å². The molecule has 0 radical (unpaired) electrons. The third-order valence-electron chi connectivity index (χ3n) is 8.77. The van der Waals surface area contributed by atoms with Crippen molar-refractivity contribution in [2.75, 3.05) is 13.7 Å². The molecule has 1 aromatic rings. The summed E-state index contributed by atoms with van der Waals surface area (Å²) in [7, 11) is 1.06. The van der Waals surface area contributed by atoms with Gasteiger partial charge in [-0.25, -0.2) is 4.79 Å². The van der Waals surface area contributed by atoms with E-state index in [1.807, 2.05) is 46.8 Å². The van der Waals surface area contributed by atoms with Crippen LogP contribution in [0.5, 0.6) is 5.75 Å². The summed E-state index contributed by atoms with van der Waals surface area (Å²) < 4.78 is 24.8. The molecule has 1 aromatic carbocycles. The molecule has 0 unspecified atom stereocenters. The Labute approximate surface area is 227 Å². The van der Waals surface area contributed by atoms with E-state index in [9.17, 15) is 4.79 Å². The van der Waals surface area contributed by atoms with Crippen LogP contribution in [0, 0.1) is 17.3 Å². The molecule has 1 aliphatic heterocycles. The van der Waals surface area contributed by atoms with Gasteiger partial charge in [0.1, 0.15) is 16.9 Å². The normalized spacial score (nSPS) is 28.6. The van der Waals surface area contributed by atoms with Crippen LogP contribution in [-0.2, 0) is 20.5 Å². The second kappa shape index (κ2) is 10.0. The van der Waals surface area contributed by atoms with Crippen LogP contribution < -0.4 is 10.1 Å². The molecule has 0 amide bonds. The lowest BCUT2D eigenvalue weighted by molar-refractivity contribution is -0.199. The minimum atomic E-state index is -0.645. The summed E-state index contributed by atoms with van der Waals surface area (Å²) >= 11 is 0. The molecule has 1 saturated heterocycles. The Kier molecular flexibility index (Phi) is 7.60. The van der Waals surface area contributed by atoms with Crippen molar-refractivity contribution in [2.24, 2.45) is 22.4 Å². The Hall–Kier alpha value is -2.26. The highest BCUT2D eigenvalue weighted by molar-refractivity contribution is 6.47. The van der Waals surface area contributed by atoms with Gasteiger partial charge in [0.25, 0.3) is 0 Å². The molecule has 5 atom stereocenters. The fourth-order valence-electron chi connectivity index (χ4n) is 6.59. The van der Waals surface area contributed by atoms with Gasteiger partial charge in [-0.2, -0.15) is 0 Å². The van der Waals surface area contributed by atoms with Crippen LogP contribution in [0.15, 0.2) is 23.3 Å². The summed E-state index contributed by atoms with van der Waals surface area (Å²) in [5.74, 6) is 0.864. The molecule has 2 bridgehead atoms. The van der Waals surface area contributed by atoms with Crippen LogP contribution in [0.25, 0.3) is 10.4 Å². The lowest BCUT2D eigenvalue weighted by Gasteiger charge is -2.64. The number of ether oxygens (including phenoxy) is 2. The van der Waals surface area contributed by atoms with Gasteiger partial charge in [0, 0.05) is 17.4 Å². The van der Waals surface area contributed by atoms with E-state index < -0.39 is 24.2 Å². The van der Waals surface area contributed by atoms with E-state index in [1.165, 1.54) is 6.42 Å². The summed E-state index contributed by atoms with van der Waals surface area (Å²) in [4.78, 5) is 16.0. The highest BCUT2D eigenvalue weighted by atomic mass is 16.7. The van der Waals surface area contributed by atoms with Gasteiger partial charge in [-0.1, -0.05) is 44.9 Å². The number of hydrogen-bond acceptors (Lipinski definition) is 7. The summed E-state index contributed by atoms with van der Waals surface area (Å²) in [5, 5.41) is 7.50. The molecule has 0 aromatic heterocycles. The number of methoxy groups -OCH3 is 1. The van der Waals surface area contributed by atoms with Crippen molar-refractivity contribution in [3.63, 3.8) is 0 Å². The van der Waals surface area contributed by atoms with Crippen molar-refractivity contribution in [3.8, 4) is 5.75 Å². The van der Waals surface area contributed by atoms with Crippen molar-refractivity contribution in [1.82, 2.24) is 5.32 Å². The van der Waals surface area contributed by atoms with Crippen LogP contribution in [0.1, 0.15) is 84.2 Å². The predicted molar refractivity (Wildman–Crippen MR) is 147 cm³/mol. The van der Waals surface area contributed by atoms with E-state index in [2.05, 4.69) is 36.1 Å². The number of carbonyl (C=O) groups is 1. The van der Waals surface area contributed by atoms with Gasteiger partial charge >= 0.3 is 13.1 Å². The number of nitrogens with one attached hydrogen (secondary N) is 1. The maximum atomic E-state index is 13.0. The first-order chi connectivity index (χ1) is 17.6. The first-order valence-electron chi connectivity index (χ1n) is 13.6. The standard InChI is InChI=1S/C28H43BN4O5/c1-25(2,3)36-24(34)19-12-10-11-17(23(19)35-9)13-22(31-16-26(4,5)32-33-30)29-37-21-15-18-14-20(27(18,6)7)28(21,8)38-29/h10-12,18,20-22,31H,13-16H2,1-9H3/t18-,20-,21+,22-,28-/m0/s1. The number of esters is 1. The van der Waals surface area contributed by atoms with E-state index >= 15 is 0 Å². The topological polar surface area (TPSA) is 115 Å². The number of nitrogens with zero attached hydrogens (tertiary/aromatic N) is 3. The molecule has 5 rings (SSSR count). The molecular weight excluding hydrogens is 483 g/mol. The summed E-state index contributed by atoms with van der Waals surface area (Å²) in [6, 6.07) is 5.51. The van der Waals surface area contributed by atoms with E-state index in [1.54, 1.807) is 13.2 Å². The van der Waals surface area contributed by atoms with E-state index in [0.717, 1.165) is 12.0 Å². The van der Waals surface area contributed by atoms with Crippen LogP contribution in [0.4, 0.5) is 0 Å². The molecule has 208 valence electrons. The lowest BCUT2D eigenvalue weighted by atomic mass is 9.43. The quantitative estimate of drug-likeness (QED) is 0.149. The minimum Gasteiger partial charge on any atom is -0.496 e. The first-order valence-corrected chi connectivity index (χ1v) is 13.6. The van der Waals surface area contributed by atoms with Gasteiger partial charge in [0.2, 0.25) is 0 Å². The zero-order valence-corrected chi connectivity index (χ0v) is 24.3. The van der Waals surface area contributed by atoms with Crippen molar-refractivity contribution >= 4 is 13.1 Å². The summed E-state index contributed by atoms with van der Waals surface area (Å²) in [6.07, 6.45) is 2.68. The second-order valence-electron chi connectivity index (χ2n) is 13.5. The number of hydrogen-bond donors (Lipinski definition) is 1. The van der Waals surface area contributed by atoms with Crippen molar-refractivity contribution < 1.29 is 23.6 Å². The largest absolute Gasteiger partial charge is 0.496 e.